The van der Waals surface area contributed by atoms with Crippen molar-refractivity contribution in [3.8, 4) is 0 Å². The Bertz CT molecular complexity index is 112. The molecule has 1 rings (SSSR count). The third-order valence-corrected chi connectivity index (χ3v) is 2.49. The first-order valence-electron chi connectivity index (χ1n) is 2.92. The normalized spacial score (nSPS) is 27.8. The van der Waals surface area contributed by atoms with Gasteiger partial charge in [-0.3, -0.25) is 4.79 Å². The van der Waals surface area contributed by atoms with Crippen molar-refractivity contribution in [1.82, 2.24) is 5.32 Å². The quantitative estimate of drug-likeness (QED) is 0.508. The van der Waals surface area contributed by atoms with Crippen LogP contribution in [0.15, 0.2) is 0 Å². The van der Waals surface area contributed by atoms with E-state index >= 15 is 0 Å². The standard InChI is InChI=1S/C5H10N2OS/c6-5(8)4-3-7-1-2-9-4/h4,7H,1-3H2,(H2,6,8). The number of nitrogens with one attached hydrogen (secondary N) is 1. The molecule has 0 aromatic heterocycles. The van der Waals surface area contributed by atoms with Gasteiger partial charge in [0.25, 0.3) is 0 Å². The monoisotopic (exact) mass is 146 g/mol. The average molecular weight is 146 g/mol. The lowest BCUT2D eigenvalue weighted by atomic mass is 10.4. The van der Waals surface area contributed by atoms with Crippen molar-refractivity contribution in [1.29, 1.82) is 0 Å². The SMILES string of the molecule is NC(=O)C1CNCCS1. The number of hydrogen-bond donors (Lipinski definition) is 2. The minimum Gasteiger partial charge on any atom is -0.369 e. The molecule has 1 amide bonds. The van der Waals surface area contributed by atoms with Gasteiger partial charge < -0.3 is 11.1 Å². The summed E-state index contributed by atoms with van der Waals surface area (Å²) in [5.41, 5.74) is 5.07. The number of thioether (sulfide) groups is 1. The summed E-state index contributed by atoms with van der Waals surface area (Å²) in [7, 11) is 0. The molecular weight excluding hydrogens is 136 g/mol. The fraction of sp³-hybridized carbons (Fsp3) is 0.800. The minimum absolute atomic E-state index is 0.00116. The Morgan fingerprint density at radius 2 is 2.56 bits per heavy atom. The Kier molecular flexibility index (Phi) is 2.36. The Morgan fingerprint density at radius 3 is 2.89 bits per heavy atom. The van der Waals surface area contributed by atoms with E-state index in [2.05, 4.69) is 5.32 Å². The highest BCUT2D eigenvalue weighted by atomic mass is 32.2. The van der Waals surface area contributed by atoms with E-state index in [1.165, 1.54) is 0 Å². The fourth-order valence-electron chi connectivity index (χ4n) is 0.748. The summed E-state index contributed by atoms with van der Waals surface area (Å²) in [6.07, 6.45) is 0. The molecule has 52 valence electrons. The highest BCUT2D eigenvalue weighted by molar-refractivity contribution is 8.00. The van der Waals surface area contributed by atoms with Crippen molar-refractivity contribution >= 4 is 17.7 Å². The maximum atomic E-state index is 10.5. The smallest absolute Gasteiger partial charge is 0.231 e. The minimum atomic E-state index is -0.202. The van der Waals surface area contributed by atoms with Crippen LogP contribution in [-0.2, 0) is 4.79 Å². The summed E-state index contributed by atoms with van der Waals surface area (Å²) < 4.78 is 0. The van der Waals surface area contributed by atoms with Gasteiger partial charge in [0.15, 0.2) is 0 Å². The van der Waals surface area contributed by atoms with Crippen molar-refractivity contribution in [3.63, 3.8) is 0 Å². The van der Waals surface area contributed by atoms with Crippen LogP contribution in [0.4, 0.5) is 0 Å². The highest BCUT2D eigenvalue weighted by Crippen LogP contribution is 2.11. The number of primary amides is 1. The summed E-state index contributed by atoms with van der Waals surface area (Å²) >= 11 is 1.63. The average Bonchev–Trinajstić information content (AvgIpc) is 1.90. The molecule has 3 nitrogen and oxygen atoms in total. The van der Waals surface area contributed by atoms with Crippen LogP contribution in [-0.4, -0.2) is 30.0 Å². The van der Waals surface area contributed by atoms with E-state index < -0.39 is 0 Å². The van der Waals surface area contributed by atoms with Crippen LogP contribution in [0.3, 0.4) is 0 Å². The second-order valence-corrected chi connectivity index (χ2v) is 3.28. The molecule has 1 atom stereocenters. The van der Waals surface area contributed by atoms with Crippen molar-refractivity contribution in [2.45, 2.75) is 5.25 Å². The van der Waals surface area contributed by atoms with Crippen LogP contribution in [0.25, 0.3) is 0 Å². The summed E-state index contributed by atoms with van der Waals surface area (Å²) in [6.45, 7) is 1.73. The lowest BCUT2D eigenvalue weighted by Crippen LogP contribution is -2.40. The van der Waals surface area contributed by atoms with Crippen molar-refractivity contribution in [2.24, 2.45) is 5.73 Å². The lowest BCUT2D eigenvalue weighted by Gasteiger charge is -2.18. The van der Waals surface area contributed by atoms with Gasteiger partial charge in [0, 0.05) is 18.8 Å². The van der Waals surface area contributed by atoms with Gasteiger partial charge in [0.05, 0.1) is 5.25 Å². The first-order chi connectivity index (χ1) is 4.30. The molecule has 9 heavy (non-hydrogen) atoms. The molecular formula is C5H10N2OS. The number of carbonyl (C=O) groups is 1. The molecule has 4 heteroatoms. The molecule has 0 bridgehead atoms. The molecule has 1 unspecified atom stereocenters. The third kappa shape index (κ3) is 1.87. The second kappa shape index (κ2) is 3.08. The van der Waals surface area contributed by atoms with E-state index in [-0.39, 0.29) is 11.2 Å². The van der Waals surface area contributed by atoms with Gasteiger partial charge in [0.2, 0.25) is 5.91 Å². The van der Waals surface area contributed by atoms with E-state index in [9.17, 15) is 4.79 Å². The summed E-state index contributed by atoms with van der Waals surface area (Å²) in [5.74, 6) is 0.792. The first-order valence-corrected chi connectivity index (χ1v) is 3.97. The largest absolute Gasteiger partial charge is 0.369 e. The maximum absolute atomic E-state index is 10.5. The van der Waals surface area contributed by atoms with Gasteiger partial charge in [-0.1, -0.05) is 0 Å². The van der Waals surface area contributed by atoms with Gasteiger partial charge >= 0.3 is 0 Å². The van der Waals surface area contributed by atoms with E-state index in [0.29, 0.717) is 0 Å². The zero-order valence-electron chi connectivity index (χ0n) is 5.09. The van der Waals surface area contributed by atoms with Crippen LogP contribution >= 0.6 is 11.8 Å². The number of nitrogens with two attached hydrogens (primary N) is 1. The molecule has 1 fully saturated rings. The van der Waals surface area contributed by atoms with Crippen molar-refractivity contribution in [2.75, 3.05) is 18.8 Å². The Labute approximate surface area is 58.4 Å². The molecule has 1 heterocycles. The molecule has 0 aromatic carbocycles. The van der Waals surface area contributed by atoms with Crippen LogP contribution in [0.1, 0.15) is 0 Å². The van der Waals surface area contributed by atoms with Crippen LogP contribution in [0.2, 0.25) is 0 Å². The summed E-state index contributed by atoms with van der Waals surface area (Å²) in [6, 6.07) is 0. The topological polar surface area (TPSA) is 55.1 Å². The fourth-order valence-corrected chi connectivity index (χ4v) is 1.69. The summed E-state index contributed by atoms with van der Waals surface area (Å²) in [5, 5.41) is 3.09. The Hall–Kier alpha value is -0.220. The maximum Gasteiger partial charge on any atom is 0.231 e. The first kappa shape index (κ1) is 6.89. The molecule has 0 radical (unpaired) electrons. The van der Waals surface area contributed by atoms with E-state index in [1.807, 2.05) is 0 Å². The van der Waals surface area contributed by atoms with Gasteiger partial charge in [-0.05, 0) is 0 Å². The third-order valence-electron chi connectivity index (χ3n) is 1.24. The Morgan fingerprint density at radius 1 is 1.78 bits per heavy atom. The van der Waals surface area contributed by atoms with E-state index in [0.717, 1.165) is 18.8 Å². The van der Waals surface area contributed by atoms with E-state index in [1.54, 1.807) is 11.8 Å². The van der Waals surface area contributed by atoms with Crippen LogP contribution < -0.4 is 11.1 Å². The molecule has 1 saturated heterocycles. The summed E-state index contributed by atoms with van der Waals surface area (Å²) in [4.78, 5) is 10.5. The molecule has 0 spiro atoms. The van der Waals surface area contributed by atoms with Gasteiger partial charge in [-0.2, -0.15) is 0 Å². The van der Waals surface area contributed by atoms with Gasteiger partial charge in [-0.25, -0.2) is 0 Å². The molecule has 0 saturated carbocycles. The van der Waals surface area contributed by atoms with Crippen molar-refractivity contribution in [3.05, 3.63) is 0 Å². The van der Waals surface area contributed by atoms with Crippen LogP contribution in [0, 0.1) is 0 Å². The lowest BCUT2D eigenvalue weighted by molar-refractivity contribution is -0.117. The molecule has 3 N–H and O–H groups in total. The molecule has 1 aliphatic heterocycles. The predicted molar refractivity (Wildman–Crippen MR) is 38.3 cm³/mol. The second-order valence-electron chi connectivity index (χ2n) is 1.97. The molecule has 0 aliphatic carbocycles. The molecule has 1 aliphatic rings. The number of amides is 1. The van der Waals surface area contributed by atoms with Gasteiger partial charge in [-0.15, -0.1) is 11.8 Å². The van der Waals surface area contributed by atoms with Crippen molar-refractivity contribution < 1.29 is 4.79 Å². The zero-order valence-corrected chi connectivity index (χ0v) is 5.91. The zero-order chi connectivity index (χ0) is 6.69. The predicted octanol–water partition coefficient (Wildman–Crippen LogP) is -0.823. The highest BCUT2D eigenvalue weighted by Gasteiger charge is 2.17. The van der Waals surface area contributed by atoms with E-state index in [4.69, 9.17) is 5.73 Å². The molecule has 0 aromatic rings. The number of hydrogen-bond acceptors (Lipinski definition) is 3. The Balaban J connectivity index is 2.31. The van der Waals surface area contributed by atoms with Crippen LogP contribution in [0.5, 0.6) is 0 Å². The van der Waals surface area contributed by atoms with Gasteiger partial charge in [0.1, 0.15) is 0 Å². The number of rotatable bonds is 1. The number of carbonyl (C=O) groups excluding carboxylic acids is 1.